The van der Waals surface area contributed by atoms with Gasteiger partial charge in [-0.2, -0.15) is 0 Å². The van der Waals surface area contributed by atoms with Crippen LogP contribution < -0.4 is 15.2 Å². The number of esters is 1. The lowest BCUT2D eigenvalue weighted by molar-refractivity contribution is 0.0529. The van der Waals surface area contributed by atoms with Crippen LogP contribution in [0.15, 0.2) is 23.6 Å². The number of anilines is 1. The Labute approximate surface area is 127 Å². The smallest absolute Gasteiger partial charge is 0.341 e. The summed E-state index contributed by atoms with van der Waals surface area (Å²) >= 11 is 1.29. The molecule has 0 radical (unpaired) electrons. The van der Waals surface area contributed by atoms with E-state index in [4.69, 9.17) is 19.9 Å². The summed E-state index contributed by atoms with van der Waals surface area (Å²) in [6.45, 7) is 2.05. The van der Waals surface area contributed by atoms with Crippen molar-refractivity contribution in [3.8, 4) is 22.6 Å². The third-order valence-corrected chi connectivity index (χ3v) is 3.81. The van der Waals surface area contributed by atoms with Crippen molar-refractivity contribution in [1.82, 2.24) is 0 Å². The van der Waals surface area contributed by atoms with Gasteiger partial charge in [-0.25, -0.2) is 4.79 Å². The fourth-order valence-corrected chi connectivity index (χ4v) is 2.81. The van der Waals surface area contributed by atoms with Gasteiger partial charge in [-0.05, 0) is 25.1 Å². The summed E-state index contributed by atoms with van der Waals surface area (Å²) in [6.07, 6.45) is 0. The summed E-state index contributed by atoms with van der Waals surface area (Å²) in [4.78, 5) is 12.1. The Hall–Kier alpha value is -2.21. The Morgan fingerprint density at radius 3 is 2.62 bits per heavy atom. The second kappa shape index (κ2) is 6.49. The highest BCUT2D eigenvalue weighted by molar-refractivity contribution is 7.15. The molecular weight excluding hydrogens is 290 g/mol. The van der Waals surface area contributed by atoms with Crippen molar-refractivity contribution in [3.63, 3.8) is 0 Å². The lowest BCUT2D eigenvalue weighted by Gasteiger charge is -2.11. The quantitative estimate of drug-likeness (QED) is 0.859. The molecule has 6 heteroatoms. The monoisotopic (exact) mass is 307 g/mol. The molecule has 0 bridgehead atoms. The highest BCUT2D eigenvalue weighted by Gasteiger charge is 2.22. The van der Waals surface area contributed by atoms with Gasteiger partial charge in [-0.1, -0.05) is 0 Å². The maximum absolute atomic E-state index is 12.1. The van der Waals surface area contributed by atoms with Gasteiger partial charge in [-0.3, -0.25) is 0 Å². The molecule has 2 N–H and O–H groups in total. The Bertz CT molecular complexity index is 651. The fourth-order valence-electron chi connectivity index (χ4n) is 2.01. The van der Waals surface area contributed by atoms with Crippen molar-refractivity contribution < 1.29 is 19.0 Å². The topological polar surface area (TPSA) is 70.8 Å². The molecule has 1 aromatic heterocycles. The molecule has 0 saturated heterocycles. The highest BCUT2D eigenvalue weighted by atomic mass is 32.1. The van der Waals surface area contributed by atoms with E-state index in [0.717, 1.165) is 5.56 Å². The van der Waals surface area contributed by atoms with Crippen LogP contribution in [0.3, 0.4) is 0 Å². The van der Waals surface area contributed by atoms with E-state index in [2.05, 4.69) is 0 Å². The molecule has 0 aliphatic heterocycles. The normalized spacial score (nSPS) is 10.2. The van der Waals surface area contributed by atoms with Gasteiger partial charge in [-0.15, -0.1) is 11.3 Å². The number of thiophene rings is 1. The molecule has 0 amide bonds. The van der Waals surface area contributed by atoms with Gasteiger partial charge in [0.2, 0.25) is 0 Å². The van der Waals surface area contributed by atoms with E-state index < -0.39 is 5.97 Å². The number of methoxy groups -OCH3 is 2. The van der Waals surface area contributed by atoms with Gasteiger partial charge in [0.1, 0.15) is 22.1 Å². The van der Waals surface area contributed by atoms with Gasteiger partial charge in [0.15, 0.2) is 0 Å². The molecule has 0 fully saturated rings. The van der Waals surface area contributed by atoms with Crippen LogP contribution >= 0.6 is 11.3 Å². The average Bonchev–Trinajstić information content (AvgIpc) is 2.88. The molecule has 5 nitrogen and oxygen atoms in total. The van der Waals surface area contributed by atoms with E-state index in [1.165, 1.54) is 11.3 Å². The summed E-state index contributed by atoms with van der Waals surface area (Å²) in [6, 6.07) is 5.39. The van der Waals surface area contributed by atoms with E-state index in [-0.39, 0.29) is 0 Å². The van der Waals surface area contributed by atoms with Crippen LogP contribution in [0, 0.1) is 0 Å². The zero-order valence-corrected chi connectivity index (χ0v) is 13.0. The van der Waals surface area contributed by atoms with E-state index in [1.807, 2.05) is 11.4 Å². The molecule has 0 saturated carbocycles. The molecule has 112 valence electrons. The Kier molecular flexibility index (Phi) is 4.70. The zero-order chi connectivity index (χ0) is 15.4. The number of carbonyl (C=O) groups excluding carboxylic acids is 1. The van der Waals surface area contributed by atoms with Crippen molar-refractivity contribution >= 4 is 22.3 Å². The fraction of sp³-hybridized carbons (Fsp3) is 0.267. The summed E-state index contributed by atoms with van der Waals surface area (Å²) in [7, 11) is 3.16. The molecule has 0 aliphatic carbocycles. The molecular formula is C15H17NO4S. The number of ether oxygens (including phenoxy) is 3. The largest absolute Gasteiger partial charge is 0.497 e. The van der Waals surface area contributed by atoms with Crippen molar-refractivity contribution in [2.75, 3.05) is 26.6 Å². The summed E-state index contributed by atoms with van der Waals surface area (Å²) in [5.74, 6) is 0.876. The summed E-state index contributed by atoms with van der Waals surface area (Å²) in [5.41, 5.74) is 7.72. The minimum absolute atomic E-state index is 0.294. The van der Waals surface area contributed by atoms with E-state index in [9.17, 15) is 4.79 Å². The second-order valence-electron chi connectivity index (χ2n) is 4.18. The van der Waals surface area contributed by atoms with Crippen LogP contribution in [0.4, 0.5) is 5.00 Å². The Balaban J connectivity index is 2.59. The van der Waals surface area contributed by atoms with Gasteiger partial charge >= 0.3 is 5.97 Å². The van der Waals surface area contributed by atoms with Gasteiger partial charge in [0, 0.05) is 16.5 Å². The summed E-state index contributed by atoms with van der Waals surface area (Å²) < 4.78 is 15.7. The van der Waals surface area contributed by atoms with E-state index >= 15 is 0 Å². The number of nitrogens with two attached hydrogens (primary N) is 1. The minimum atomic E-state index is -0.434. The van der Waals surface area contributed by atoms with Crippen LogP contribution in [0.5, 0.6) is 11.5 Å². The molecule has 21 heavy (non-hydrogen) atoms. The molecule has 2 aromatic rings. The highest BCUT2D eigenvalue weighted by Crippen LogP contribution is 2.40. The first kappa shape index (κ1) is 15.2. The number of nitrogen functional groups attached to an aromatic ring is 1. The minimum Gasteiger partial charge on any atom is -0.497 e. The summed E-state index contributed by atoms with van der Waals surface area (Å²) in [5, 5.41) is 2.24. The zero-order valence-electron chi connectivity index (χ0n) is 12.1. The maximum atomic E-state index is 12.1. The molecule has 0 aliphatic rings. The maximum Gasteiger partial charge on any atom is 0.341 e. The molecule has 0 spiro atoms. The van der Waals surface area contributed by atoms with Gasteiger partial charge in [0.05, 0.1) is 20.8 Å². The van der Waals surface area contributed by atoms with Gasteiger partial charge in [0.25, 0.3) is 0 Å². The van der Waals surface area contributed by atoms with Crippen molar-refractivity contribution in [1.29, 1.82) is 0 Å². The van der Waals surface area contributed by atoms with Crippen LogP contribution in [0.25, 0.3) is 11.1 Å². The van der Waals surface area contributed by atoms with E-state index in [0.29, 0.717) is 34.2 Å². The first-order valence-corrected chi connectivity index (χ1v) is 7.26. The van der Waals surface area contributed by atoms with Crippen LogP contribution in [-0.2, 0) is 4.74 Å². The van der Waals surface area contributed by atoms with Crippen molar-refractivity contribution in [2.45, 2.75) is 6.92 Å². The third-order valence-electron chi connectivity index (χ3n) is 3.00. The molecule has 0 atom stereocenters. The number of rotatable bonds is 5. The molecule has 1 aromatic carbocycles. The number of hydrogen-bond acceptors (Lipinski definition) is 6. The second-order valence-corrected chi connectivity index (χ2v) is 5.09. The van der Waals surface area contributed by atoms with Gasteiger partial charge < -0.3 is 19.9 Å². The molecule has 1 heterocycles. The number of hydrogen-bond donors (Lipinski definition) is 1. The van der Waals surface area contributed by atoms with E-state index in [1.54, 1.807) is 33.3 Å². The van der Waals surface area contributed by atoms with Crippen LogP contribution in [-0.4, -0.2) is 26.8 Å². The SMILES string of the molecule is CCOC(=O)c1c(-c2cc(OC)ccc2OC)csc1N. The van der Waals surface area contributed by atoms with Crippen molar-refractivity contribution in [2.24, 2.45) is 0 Å². The predicted octanol–water partition coefficient (Wildman–Crippen LogP) is 3.19. The first-order chi connectivity index (χ1) is 10.1. The average molecular weight is 307 g/mol. The predicted molar refractivity (Wildman–Crippen MR) is 83.2 cm³/mol. The lowest BCUT2D eigenvalue weighted by Crippen LogP contribution is -2.07. The van der Waals surface area contributed by atoms with Crippen LogP contribution in [0.1, 0.15) is 17.3 Å². The number of carbonyl (C=O) groups is 1. The standard InChI is InChI=1S/C15H17NO4S/c1-4-20-15(17)13-11(8-21-14(13)16)10-7-9(18-2)5-6-12(10)19-3/h5-8H,4,16H2,1-3H3. The molecule has 2 rings (SSSR count). The Morgan fingerprint density at radius 2 is 2.00 bits per heavy atom. The number of benzene rings is 1. The lowest BCUT2D eigenvalue weighted by atomic mass is 10.0. The first-order valence-electron chi connectivity index (χ1n) is 6.38. The Morgan fingerprint density at radius 1 is 1.24 bits per heavy atom. The molecule has 0 unspecified atom stereocenters. The van der Waals surface area contributed by atoms with Crippen molar-refractivity contribution in [3.05, 3.63) is 29.1 Å². The van der Waals surface area contributed by atoms with Crippen LogP contribution in [0.2, 0.25) is 0 Å². The third kappa shape index (κ3) is 2.95.